The van der Waals surface area contributed by atoms with Crippen LogP contribution in [0.3, 0.4) is 0 Å². The standard InChI is InChI=1S/C20H32O2.C18H15S.C17H18O4.C13H18O5.C12H16O3.C9H16F2O5S.C7H5FO2.Zn/c1-5-19(3,4)18(21)22-20(6-2)11-14-10-15(20)17-13-8-7-12(9-13)16(14)17;1-4-10-16(11-5-1)19(17-12-6-2-7-13-17)18-14-8-3-9-15-18;1-4-17(2,3)16(20)21-14-10-6-7-11-12(14)8-5-9-13(11)15(18)19;1-4-13(2,3)12(15)18-9-7-5-6-8(16-7)10(9)17-11(6)14;1-4-12(2,3)11(14)15-10-7-5-9(13)6-8-10;1-5-8(3,4)7(12)16-6(2)9(10,11)17(13,14)15;8-6-3-1-5(2-4-6)7(9)10;/h12-17H,5-11H2,1-4H3;1-15H;5-10H,4H2,1-3H3,(H,18,19);6-10H,4-5H2,1-3H3;5-8,13H,4H2,1-3H3;6H,5H2,1-4H3,(H,13,14,15);1-4H,(H,9,10);/q;+1;;;;;;+2/p-2. The number of phenolic OH excluding ortho intramolecular Hbond substituents is 1. The molecule has 21 nitrogen and oxygen atoms in total. The fourth-order valence-corrected chi connectivity index (χ4v) is 18.4. The molecule has 13 unspecified atom stereocenters. The molecule has 6 bridgehead atoms. The summed E-state index contributed by atoms with van der Waals surface area (Å²) in [7, 11) is -5.87. The van der Waals surface area contributed by atoms with E-state index in [-0.39, 0.29) is 106 Å². The molecule has 13 atom stereocenters. The fraction of sp³-hybridized carbons (Fsp3) is 0.500. The zero-order valence-electron chi connectivity index (χ0n) is 73.5. The molecule has 7 aliphatic rings. The van der Waals surface area contributed by atoms with E-state index in [0.717, 1.165) is 79.5 Å². The van der Waals surface area contributed by atoms with Crippen molar-refractivity contribution in [3.63, 3.8) is 0 Å². The summed E-state index contributed by atoms with van der Waals surface area (Å²) in [5.41, 5.74) is -2.86. The van der Waals surface area contributed by atoms with Crippen molar-refractivity contribution in [1.82, 2.24) is 0 Å². The second-order valence-corrected chi connectivity index (χ2v) is 38.9. The zero-order valence-corrected chi connectivity index (χ0v) is 78.1. The van der Waals surface area contributed by atoms with Crippen LogP contribution in [-0.4, -0.2) is 112 Å². The molecular formula is C96H118F3O21S2Zn+. The maximum absolute atomic E-state index is 13.0. The van der Waals surface area contributed by atoms with Crippen LogP contribution in [0.5, 0.6) is 17.2 Å². The predicted octanol–water partition coefficient (Wildman–Crippen LogP) is 18.9. The van der Waals surface area contributed by atoms with Crippen LogP contribution in [0.4, 0.5) is 13.2 Å². The van der Waals surface area contributed by atoms with Crippen LogP contribution in [0, 0.1) is 74.3 Å². The Labute approximate surface area is 736 Å². The average Bonchev–Trinajstić information content (AvgIpc) is 1.53. The smallest absolute Gasteiger partial charge is 0.743 e. The molecule has 4 aliphatic carbocycles. The number of hydrogen-bond donors (Lipinski definition) is 2. The van der Waals surface area contributed by atoms with Crippen molar-refractivity contribution in [2.75, 3.05) is 0 Å². The molecule has 27 heteroatoms. The number of rotatable bonds is 23. The first-order chi connectivity index (χ1) is 57.2. The summed E-state index contributed by atoms with van der Waals surface area (Å²) in [4.78, 5) is 97.0. The summed E-state index contributed by atoms with van der Waals surface area (Å²) < 4.78 is 107. The molecule has 7 fully saturated rings. The number of ether oxygens (including phenoxy) is 7. The minimum absolute atomic E-state index is 0. The molecule has 0 radical (unpaired) electrons. The molecule has 4 saturated carbocycles. The first-order valence-corrected chi connectivity index (χ1v) is 44.5. The van der Waals surface area contributed by atoms with E-state index < -0.39 is 79.1 Å². The number of carboxylic acid groups (broad SMARTS) is 2. The molecule has 7 aromatic rings. The number of fused-ring (bicyclic) bond motifs is 11. The van der Waals surface area contributed by atoms with Crippen LogP contribution < -0.4 is 14.6 Å². The quantitative estimate of drug-likeness (QED) is 0.0114. The summed E-state index contributed by atoms with van der Waals surface area (Å²) >= 11 is 0. The molecule has 662 valence electrons. The van der Waals surface area contributed by atoms with E-state index in [9.17, 15) is 74.7 Å². The van der Waals surface area contributed by atoms with Crippen molar-refractivity contribution in [3.8, 4) is 17.2 Å². The third-order valence-electron chi connectivity index (χ3n) is 25.5. The number of alkyl halides is 2. The van der Waals surface area contributed by atoms with E-state index in [2.05, 4.69) is 110 Å². The van der Waals surface area contributed by atoms with Crippen molar-refractivity contribution >= 4 is 79.5 Å². The average molecular weight is 1790 g/mol. The van der Waals surface area contributed by atoms with Gasteiger partial charge in [-0.15, -0.1) is 0 Å². The van der Waals surface area contributed by atoms with Gasteiger partial charge in [0, 0.05) is 11.3 Å². The number of carbonyl (C=O) groups is 8. The molecule has 3 heterocycles. The SMILES string of the molecule is CCC(C)(C)C(=O)OC(C)C(F)(F)S(=O)(=O)[O-].CCC(C)(C)C(=O)OC1(CC)CC2CC1C1C3CCC(C3)C21.CCC(C)(C)C(=O)OC1C2CC3C(=O)OC1C3O2.CCC(C)(C)C(=O)Oc1ccc(O)cc1.CCC(C)(C)C(=O)Oc1cccc2c(C(=O)O)cccc12.O=C([O-])c1ccc(F)cc1.[Zn+2].c1ccc([S+](c2ccccc2)c2ccccc2)cc1. The molecule has 0 spiro atoms. The molecule has 3 aliphatic heterocycles. The minimum Gasteiger partial charge on any atom is -0.743 e. The van der Waals surface area contributed by atoms with Crippen molar-refractivity contribution in [2.24, 2.45) is 68.5 Å². The van der Waals surface area contributed by atoms with Gasteiger partial charge in [-0.25, -0.2) is 17.6 Å². The Kier molecular flexibility index (Phi) is 34.8. The number of phenols is 1. The Morgan fingerprint density at radius 1 is 0.561 bits per heavy atom. The number of carbonyl (C=O) groups excluding carboxylic acids is 7. The van der Waals surface area contributed by atoms with Gasteiger partial charge in [0.2, 0.25) is 0 Å². The predicted molar refractivity (Wildman–Crippen MR) is 453 cm³/mol. The van der Waals surface area contributed by atoms with Crippen LogP contribution in [0.1, 0.15) is 215 Å². The van der Waals surface area contributed by atoms with Crippen LogP contribution in [0.15, 0.2) is 191 Å². The van der Waals surface area contributed by atoms with Gasteiger partial charge in [-0.1, -0.05) is 133 Å². The van der Waals surface area contributed by atoms with Crippen molar-refractivity contribution in [2.45, 2.75) is 251 Å². The second kappa shape index (κ2) is 42.3. The molecule has 0 amide bonds. The van der Waals surface area contributed by atoms with Crippen LogP contribution in [0.2, 0.25) is 0 Å². The number of halogens is 3. The molecule has 2 N–H and O–H groups in total. The zero-order chi connectivity index (χ0) is 90.4. The third kappa shape index (κ3) is 24.4. The molecule has 0 aromatic heterocycles. The number of aromatic carboxylic acids is 2. The summed E-state index contributed by atoms with van der Waals surface area (Å²) in [5, 5.41) is 24.9. The van der Waals surface area contributed by atoms with E-state index >= 15 is 0 Å². The minimum atomic E-state index is -5.86. The van der Waals surface area contributed by atoms with Crippen molar-refractivity contribution in [1.29, 1.82) is 0 Å². The number of benzene rings is 7. The Morgan fingerprint density at radius 3 is 1.50 bits per heavy atom. The Balaban J connectivity index is 0.000000199. The van der Waals surface area contributed by atoms with E-state index in [1.165, 1.54) is 72.4 Å². The van der Waals surface area contributed by atoms with Gasteiger partial charge in [-0.2, -0.15) is 8.78 Å². The largest absolute Gasteiger partial charge is 2.00 e. The summed E-state index contributed by atoms with van der Waals surface area (Å²) in [5.74, 6) is 1.51. The van der Waals surface area contributed by atoms with E-state index in [1.807, 2.05) is 76.2 Å². The molecular weight excluding hydrogens is 1680 g/mol. The van der Waals surface area contributed by atoms with E-state index in [0.29, 0.717) is 60.8 Å². The summed E-state index contributed by atoms with van der Waals surface area (Å²) in [6.07, 6.45) is 8.32. The maximum atomic E-state index is 13.0. The van der Waals surface area contributed by atoms with Gasteiger partial charge in [0.25, 0.3) is 0 Å². The molecule has 123 heavy (non-hydrogen) atoms. The molecule has 7 aromatic carbocycles. The van der Waals surface area contributed by atoms with Crippen LogP contribution in [0.25, 0.3) is 10.8 Å². The number of esters is 6. The van der Waals surface area contributed by atoms with Crippen molar-refractivity contribution < 1.29 is 132 Å². The summed E-state index contributed by atoms with van der Waals surface area (Å²) in [6.45, 7) is 30.5. The second-order valence-electron chi connectivity index (χ2n) is 35.4. The number of aromatic hydroxyl groups is 1. The van der Waals surface area contributed by atoms with Crippen LogP contribution in [-0.2, 0) is 92.9 Å². The molecule has 3 saturated heterocycles. The number of hydrogen-bond acceptors (Lipinski definition) is 20. The number of carboxylic acids is 2. The van der Waals surface area contributed by atoms with Gasteiger partial charge in [0.1, 0.15) is 34.8 Å². The van der Waals surface area contributed by atoms with Gasteiger partial charge < -0.3 is 57.8 Å². The normalized spacial score (nSPS) is 22.6. The Bertz CT molecular complexity index is 4780. The Morgan fingerprint density at radius 2 is 1.02 bits per heavy atom. The van der Waals surface area contributed by atoms with Gasteiger partial charge >= 0.3 is 66.5 Å². The molecule has 14 rings (SSSR count). The van der Waals surface area contributed by atoms with Gasteiger partial charge in [0.05, 0.1) is 61.5 Å². The van der Waals surface area contributed by atoms with Crippen molar-refractivity contribution in [3.05, 3.63) is 193 Å². The monoisotopic (exact) mass is 1790 g/mol. The van der Waals surface area contributed by atoms with Crippen LogP contribution >= 0.6 is 0 Å². The first-order valence-electron chi connectivity index (χ1n) is 41.9. The third-order valence-corrected chi connectivity index (χ3v) is 28.7. The topological polar surface area (TPSA) is 322 Å². The van der Waals surface area contributed by atoms with Gasteiger partial charge in [-0.05, 0) is 279 Å². The first kappa shape index (κ1) is 101. The fourth-order valence-electron chi connectivity index (χ4n) is 15.8. The van der Waals surface area contributed by atoms with E-state index in [1.54, 1.807) is 49.4 Å². The summed E-state index contributed by atoms with van der Waals surface area (Å²) in [6, 6.07) is 52.7. The van der Waals surface area contributed by atoms with Gasteiger partial charge in [-0.3, -0.25) is 28.8 Å². The van der Waals surface area contributed by atoms with E-state index in [4.69, 9.17) is 33.5 Å². The van der Waals surface area contributed by atoms with Gasteiger partial charge in [0.15, 0.2) is 43.1 Å². The maximum Gasteiger partial charge on any atom is 2.00 e. The Hall–Kier alpha value is -9.01.